The van der Waals surface area contributed by atoms with Gasteiger partial charge in [0.25, 0.3) is 5.91 Å². The molecule has 0 aromatic rings. The van der Waals surface area contributed by atoms with E-state index in [0.717, 1.165) is 16.8 Å². The number of hydrogen-bond donors (Lipinski definition) is 0. The Morgan fingerprint density at radius 3 is 2.85 bits per heavy atom. The van der Waals surface area contributed by atoms with Crippen molar-refractivity contribution in [2.45, 2.75) is 13.8 Å². The standard InChI is InChI=1S/C10H12N2O/c1-6-7(2)11-9-8(6)4-5-12(3)10(9)13/h4H,5H2,1-3H3. The summed E-state index contributed by atoms with van der Waals surface area (Å²) in [6.07, 6.45) is 2.06. The van der Waals surface area contributed by atoms with Gasteiger partial charge >= 0.3 is 0 Å². The molecular formula is C10H12N2O. The van der Waals surface area contributed by atoms with Gasteiger partial charge in [0.2, 0.25) is 0 Å². The van der Waals surface area contributed by atoms with E-state index in [1.54, 1.807) is 11.9 Å². The monoisotopic (exact) mass is 176 g/mol. The lowest BCUT2D eigenvalue weighted by Crippen LogP contribution is -2.37. The van der Waals surface area contributed by atoms with Crippen molar-refractivity contribution in [1.82, 2.24) is 4.90 Å². The molecule has 0 saturated carbocycles. The van der Waals surface area contributed by atoms with Crippen molar-refractivity contribution in [3.8, 4) is 0 Å². The highest BCUT2D eigenvalue weighted by molar-refractivity contribution is 6.47. The molecule has 0 fully saturated rings. The average molecular weight is 176 g/mol. The Bertz CT molecular complexity index is 374. The summed E-state index contributed by atoms with van der Waals surface area (Å²) in [5, 5.41) is 0. The molecule has 0 bridgehead atoms. The number of rotatable bonds is 0. The van der Waals surface area contributed by atoms with Crippen LogP contribution in [0.4, 0.5) is 0 Å². The summed E-state index contributed by atoms with van der Waals surface area (Å²) in [5.74, 6) is 0.0358. The first-order chi connectivity index (χ1) is 6.11. The summed E-state index contributed by atoms with van der Waals surface area (Å²) in [7, 11) is 1.79. The fourth-order valence-corrected chi connectivity index (χ4v) is 1.59. The molecule has 0 aromatic heterocycles. The van der Waals surface area contributed by atoms with E-state index < -0.39 is 0 Å². The van der Waals surface area contributed by atoms with Gasteiger partial charge in [-0.25, -0.2) is 4.99 Å². The predicted octanol–water partition coefficient (Wildman–Crippen LogP) is 1.13. The summed E-state index contributed by atoms with van der Waals surface area (Å²) < 4.78 is 0. The van der Waals surface area contributed by atoms with Crippen LogP contribution in [0.15, 0.2) is 27.9 Å². The maximum absolute atomic E-state index is 11.6. The molecule has 2 heterocycles. The smallest absolute Gasteiger partial charge is 0.273 e. The molecule has 2 aliphatic heterocycles. The highest BCUT2D eigenvalue weighted by Crippen LogP contribution is 2.27. The van der Waals surface area contributed by atoms with Gasteiger partial charge in [-0.2, -0.15) is 0 Å². The van der Waals surface area contributed by atoms with Crippen LogP contribution in [0.25, 0.3) is 0 Å². The van der Waals surface area contributed by atoms with Gasteiger partial charge in [-0.15, -0.1) is 0 Å². The van der Waals surface area contributed by atoms with Gasteiger partial charge in [-0.1, -0.05) is 6.08 Å². The Balaban J connectivity index is 2.49. The highest BCUT2D eigenvalue weighted by atomic mass is 16.2. The van der Waals surface area contributed by atoms with Crippen LogP contribution in [0.3, 0.4) is 0 Å². The van der Waals surface area contributed by atoms with Crippen LogP contribution in [0.1, 0.15) is 13.8 Å². The van der Waals surface area contributed by atoms with Crippen molar-refractivity contribution in [2.75, 3.05) is 13.6 Å². The zero-order chi connectivity index (χ0) is 9.59. The van der Waals surface area contributed by atoms with E-state index >= 15 is 0 Å². The first-order valence-electron chi connectivity index (χ1n) is 4.34. The normalized spacial score (nSPS) is 21.8. The number of likely N-dealkylation sites (N-methyl/N-ethyl adjacent to an activating group) is 1. The van der Waals surface area contributed by atoms with Crippen LogP contribution in [0, 0.1) is 0 Å². The minimum absolute atomic E-state index is 0.0358. The van der Waals surface area contributed by atoms with Gasteiger partial charge in [-0.3, -0.25) is 4.79 Å². The largest absolute Gasteiger partial charge is 0.337 e. The average Bonchev–Trinajstić information content (AvgIpc) is 2.38. The molecule has 2 aliphatic rings. The Kier molecular flexibility index (Phi) is 1.62. The number of carbonyl (C=O) groups is 1. The molecular weight excluding hydrogens is 164 g/mol. The van der Waals surface area contributed by atoms with Gasteiger partial charge in [0.1, 0.15) is 5.71 Å². The molecule has 0 spiro atoms. The second-order valence-corrected chi connectivity index (χ2v) is 3.47. The maximum Gasteiger partial charge on any atom is 0.273 e. The van der Waals surface area contributed by atoms with Gasteiger partial charge < -0.3 is 4.90 Å². The first kappa shape index (κ1) is 8.23. The first-order valence-corrected chi connectivity index (χ1v) is 4.34. The minimum atomic E-state index is 0.0358. The van der Waals surface area contributed by atoms with E-state index in [9.17, 15) is 4.79 Å². The highest BCUT2D eigenvalue weighted by Gasteiger charge is 2.29. The molecule has 0 aromatic carbocycles. The SMILES string of the molecule is CC1=C(C)C2=CCN(C)C(=O)C2=N1. The fourth-order valence-electron chi connectivity index (χ4n) is 1.59. The third-order valence-electron chi connectivity index (χ3n) is 2.60. The molecule has 0 saturated heterocycles. The summed E-state index contributed by atoms with van der Waals surface area (Å²) in [6.45, 7) is 4.64. The van der Waals surface area contributed by atoms with Crippen molar-refractivity contribution in [3.05, 3.63) is 22.9 Å². The Morgan fingerprint density at radius 2 is 2.15 bits per heavy atom. The van der Waals surface area contributed by atoms with Crippen molar-refractivity contribution in [2.24, 2.45) is 4.99 Å². The molecule has 0 aliphatic carbocycles. The van der Waals surface area contributed by atoms with Crippen LogP contribution in [-0.2, 0) is 4.79 Å². The molecule has 3 heteroatoms. The summed E-state index contributed by atoms with van der Waals surface area (Å²) in [4.78, 5) is 17.6. The van der Waals surface area contributed by atoms with Gasteiger partial charge in [0.05, 0.1) is 0 Å². The van der Waals surface area contributed by atoms with E-state index in [4.69, 9.17) is 0 Å². The van der Waals surface area contributed by atoms with E-state index in [0.29, 0.717) is 12.3 Å². The molecule has 0 atom stereocenters. The van der Waals surface area contributed by atoms with E-state index in [-0.39, 0.29) is 5.91 Å². The number of hydrogen-bond acceptors (Lipinski definition) is 2. The Labute approximate surface area is 77.4 Å². The van der Waals surface area contributed by atoms with E-state index in [1.165, 1.54) is 0 Å². The third-order valence-corrected chi connectivity index (χ3v) is 2.60. The number of amides is 1. The van der Waals surface area contributed by atoms with E-state index in [1.807, 2.05) is 13.8 Å². The lowest BCUT2D eigenvalue weighted by Gasteiger charge is -2.21. The maximum atomic E-state index is 11.6. The quantitative estimate of drug-likeness (QED) is 0.544. The summed E-state index contributed by atoms with van der Waals surface area (Å²) >= 11 is 0. The van der Waals surface area contributed by atoms with Crippen LogP contribution in [0.2, 0.25) is 0 Å². The van der Waals surface area contributed by atoms with Crippen molar-refractivity contribution in [3.63, 3.8) is 0 Å². The second-order valence-electron chi connectivity index (χ2n) is 3.47. The number of allylic oxidation sites excluding steroid dienone is 2. The molecule has 1 amide bonds. The molecule has 3 nitrogen and oxygen atoms in total. The molecule has 0 N–H and O–H groups in total. The number of carbonyl (C=O) groups excluding carboxylic acids is 1. The lowest BCUT2D eigenvalue weighted by molar-refractivity contribution is -0.122. The predicted molar refractivity (Wildman–Crippen MR) is 51.5 cm³/mol. The van der Waals surface area contributed by atoms with Crippen molar-refractivity contribution in [1.29, 1.82) is 0 Å². The van der Waals surface area contributed by atoms with Gasteiger partial charge in [0.15, 0.2) is 0 Å². The molecule has 2 rings (SSSR count). The Morgan fingerprint density at radius 1 is 1.46 bits per heavy atom. The zero-order valence-electron chi connectivity index (χ0n) is 8.09. The number of nitrogens with zero attached hydrogens (tertiary/aromatic N) is 2. The summed E-state index contributed by atoms with van der Waals surface area (Å²) in [5.41, 5.74) is 3.74. The number of fused-ring (bicyclic) bond motifs is 1. The molecule has 13 heavy (non-hydrogen) atoms. The van der Waals surface area contributed by atoms with Gasteiger partial charge in [0, 0.05) is 24.9 Å². The topological polar surface area (TPSA) is 32.7 Å². The minimum Gasteiger partial charge on any atom is -0.337 e. The Hall–Kier alpha value is -1.38. The van der Waals surface area contributed by atoms with Crippen LogP contribution >= 0.6 is 0 Å². The van der Waals surface area contributed by atoms with Crippen LogP contribution in [-0.4, -0.2) is 30.1 Å². The fraction of sp³-hybridized carbons (Fsp3) is 0.400. The molecule has 0 radical (unpaired) electrons. The molecule has 0 unspecified atom stereocenters. The van der Waals surface area contributed by atoms with Crippen molar-refractivity contribution >= 4 is 11.6 Å². The van der Waals surface area contributed by atoms with Crippen LogP contribution in [0.5, 0.6) is 0 Å². The van der Waals surface area contributed by atoms with E-state index in [2.05, 4.69) is 11.1 Å². The third kappa shape index (κ3) is 1.03. The number of aliphatic imine (C=N–C) groups is 1. The lowest BCUT2D eigenvalue weighted by atomic mass is 10.0. The van der Waals surface area contributed by atoms with Crippen LogP contribution < -0.4 is 0 Å². The molecule has 68 valence electrons. The second kappa shape index (κ2) is 2.55. The zero-order valence-corrected chi connectivity index (χ0v) is 8.09. The summed E-state index contributed by atoms with van der Waals surface area (Å²) in [6, 6.07) is 0. The van der Waals surface area contributed by atoms with Crippen molar-refractivity contribution < 1.29 is 4.79 Å². The van der Waals surface area contributed by atoms with Gasteiger partial charge in [-0.05, 0) is 19.4 Å².